The van der Waals surface area contributed by atoms with Crippen molar-refractivity contribution in [1.82, 2.24) is 14.9 Å². The Morgan fingerprint density at radius 3 is 2.83 bits per heavy atom. The van der Waals surface area contributed by atoms with Crippen LogP contribution in [0.1, 0.15) is 23.2 Å². The molecule has 1 aliphatic heterocycles. The zero-order chi connectivity index (χ0) is 20.4. The van der Waals surface area contributed by atoms with E-state index in [1.807, 2.05) is 12.1 Å². The molecular weight excluding hydrogens is 398 g/mol. The summed E-state index contributed by atoms with van der Waals surface area (Å²) in [5, 5.41) is 4.36. The molecule has 5 nitrogen and oxygen atoms in total. The molecule has 29 heavy (non-hydrogen) atoms. The third-order valence-electron chi connectivity index (χ3n) is 5.06. The number of halogens is 3. The number of pyridine rings is 2. The van der Waals surface area contributed by atoms with Crippen LogP contribution in [0, 0.1) is 0 Å². The highest BCUT2D eigenvalue weighted by Gasteiger charge is 2.42. The highest BCUT2D eigenvalue weighted by atomic mass is 35.5. The molecule has 3 heterocycles. The fourth-order valence-electron chi connectivity index (χ4n) is 3.61. The number of alkyl halides is 2. The van der Waals surface area contributed by atoms with E-state index in [-0.39, 0.29) is 25.4 Å². The van der Waals surface area contributed by atoms with Crippen LogP contribution in [0.2, 0.25) is 5.02 Å². The molecule has 2 aromatic heterocycles. The molecule has 1 fully saturated rings. The second-order valence-electron chi connectivity index (χ2n) is 7.09. The molecule has 1 saturated heterocycles. The first-order valence-corrected chi connectivity index (χ1v) is 9.69. The molecule has 1 N–H and O–H groups in total. The van der Waals surface area contributed by atoms with Gasteiger partial charge >= 0.3 is 0 Å². The molecule has 0 spiro atoms. The van der Waals surface area contributed by atoms with Gasteiger partial charge in [0.15, 0.2) is 0 Å². The van der Waals surface area contributed by atoms with Gasteiger partial charge < -0.3 is 10.2 Å². The van der Waals surface area contributed by atoms with E-state index >= 15 is 0 Å². The Balaban J connectivity index is 1.59. The highest BCUT2D eigenvalue weighted by Crippen LogP contribution is 2.33. The van der Waals surface area contributed by atoms with E-state index in [1.54, 1.807) is 36.5 Å². The van der Waals surface area contributed by atoms with Gasteiger partial charge in [-0.2, -0.15) is 0 Å². The summed E-state index contributed by atoms with van der Waals surface area (Å²) in [6, 6.07) is 11.7. The lowest BCUT2D eigenvalue weighted by Gasteiger charge is -2.39. The molecule has 0 bridgehead atoms. The van der Waals surface area contributed by atoms with E-state index in [0.29, 0.717) is 21.9 Å². The Kier molecular flexibility index (Phi) is 5.32. The smallest absolute Gasteiger partial charge is 0.256 e. The van der Waals surface area contributed by atoms with Crippen LogP contribution in [0.15, 0.2) is 54.9 Å². The first-order valence-electron chi connectivity index (χ1n) is 9.31. The standard InChI is InChI=1S/C21H19ClF2N4O/c22-15-6-7-18(26-12-15)27-13-16-11-21(23,24)8-10-28(16)20(29)17-5-1-3-14-4-2-9-25-19(14)17/h1-7,9,12,16H,8,10-11,13H2,(H,26,27). The molecule has 0 aliphatic carbocycles. The Labute approximate surface area is 171 Å². The van der Waals surface area contributed by atoms with Crippen molar-refractivity contribution in [2.75, 3.05) is 18.4 Å². The zero-order valence-corrected chi connectivity index (χ0v) is 16.2. The number of carbonyl (C=O) groups excluding carboxylic acids is 1. The maximum Gasteiger partial charge on any atom is 0.256 e. The van der Waals surface area contributed by atoms with Crippen LogP contribution in [0.5, 0.6) is 0 Å². The summed E-state index contributed by atoms with van der Waals surface area (Å²) >= 11 is 5.83. The van der Waals surface area contributed by atoms with E-state index < -0.39 is 18.4 Å². The number of hydrogen-bond acceptors (Lipinski definition) is 4. The molecular formula is C21H19ClF2N4O. The van der Waals surface area contributed by atoms with Gasteiger partial charge in [0.25, 0.3) is 11.8 Å². The maximum atomic E-state index is 14.1. The third kappa shape index (κ3) is 4.29. The second-order valence-corrected chi connectivity index (χ2v) is 7.52. The SMILES string of the molecule is O=C(c1cccc2cccnc12)N1CCC(F)(F)CC1CNc1ccc(Cl)cn1. The molecule has 1 aliphatic rings. The first kappa shape index (κ1) is 19.5. The fourth-order valence-corrected chi connectivity index (χ4v) is 3.72. The lowest BCUT2D eigenvalue weighted by atomic mass is 9.96. The zero-order valence-electron chi connectivity index (χ0n) is 15.5. The summed E-state index contributed by atoms with van der Waals surface area (Å²) in [6.07, 6.45) is 2.34. The number of nitrogens with zero attached hydrogens (tertiary/aromatic N) is 3. The quantitative estimate of drug-likeness (QED) is 0.673. The van der Waals surface area contributed by atoms with Crippen LogP contribution in [-0.4, -0.2) is 45.8 Å². The number of amides is 1. The predicted octanol–water partition coefficient (Wildman–Crippen LogP) is 4.64. The Morgan fingerprint density at radius 1 is 1.21 bits per heavy atom. The minimum absolute atomic E-state index is 0.0184. The normalized spacial score (nSPS) is 18.6. The number of benzene rings is 1. The molecule has 1 unspecified atom stereocenters. The largest absolute Gasteiger partial charge is 0.368 e. The van der Waals surface area contributed by atoms with E-state index in [1.165, 1.54) is 11.1 Å². The Morgan fingerprint density at radius 2 is 2.03 bits per heavy atom. The lowest BCUT2D eigenvalue weighted by Crippen LogP contribution is -2.52. The summed E-state index contributed by atoms with van der Waals surface area (Å²) in [7, 11) is 0. The summed E-state index contributed by atoms with van der Waals surface area (Å²) in [6.45, 7) is 0.142. The number of likely N-dealkylation sites (tertiary alicyclic amines) is 1. The minimum atomic E-state index is -2.81. The second kappa shape index (κ2) is 7.91. The summed E-state index contributed by atoms with van der Waals surface area (Å²) in [5.74, 6) is -2.59. The molecule has 1 amide bonds. The molecule has 1 aromatic carbocycles. The van der Waals surface area contributed by atoms with Crippen molar-refractivity contribution in [2.24, 2.45) is 0 Å². The van der Waals surface area contributed by atoms with Gasteiger partial charge in [-0.1, -0.05) is 29.8 Å². The van der Waals surface area contributed by atoms with Gasteiger partial charge in [-0.25, -0.2) is 13.8 Å². The van der Waals surface area contributed by atoms with Gasteiger partial charge in [0.05, 0.1) is 22.1 Å². The number of nitrogens with one attached hydrogen (secondary N) is 1. The number of para-hydroxylation sites is 1. The van der Waals surface area contributed by atoms with Crippen molar-refractivity contribution >= 4 is 34.2 Å². The van der Waals surface area contributed by atoms with Crippen LogP contribution in [0.25, 0.3) is 10.9 Å². The monoisotopic (exact) mass is 416 g/mol. The van der Waals surface area contributed by atoms with Crippen molar-refractivity contribution in [3.63, 3.8) is 0 Å². The van der Waals surface area contributed by atoms with Gasteiger partial charge in [-0.05, 0) is 24.3 Å². The number of anilines is 1. The van der Waals surface area contributed by atoms with Crippen LogP contribution in [0.4, 0.5) is 14.6 Å². The molecule has 3 aromatic rings. The number of carbonyl (C=O) groups is 1. The molecule has 0 radical (unpaired) electrons. The molecule has 150 valence electrons. The van der Waals surface area contributed by atoms with Gasteiger partial charge in [0.2, 0.25) is 0 Å². The van der Waals surface area contributed by atoms with Crippen LogP contribution in [-0.2, 0) is 0 Å². The summed E-state index contributed by atoms with van der Waals surface area (Å²) < 4.78 is 28.2. The van der Waals surface area contributed by atoms with Crippen molar-refractivity contribution in [2.45, 2.75) is 24.8 Å². The number of hydrogen-bond donors (Lipinski definition) is 1. The van der Waals surface area contributed by atoms with Crippen LogP contribution in [0.3, 0.4) is 0 Å². The van der Waals surface area contributed by atoms with Gasteiger partial charge in [0.1, 0.15) is 5.82 Å². The minimum Gasteiger partial charge on any atom is -0.368 e. The summed E-state index contributed by atoms with van der Waals surface area (Å²) in [5.41, 5.74) is 0.992. The molecule has 4 rings (SSSR count). The van der Waals surface area contributed by atoms with E-state index in [2.05, 4.69) is 15.3 Å². The van der Waals surface area contributed by atoms with Gasteiger partial charge in [0, 0.05) is 43.7 Å². The number of piperidine rings is 1. The van der Waals surface area contributed by atoms with Crippen molar-refractivity contribution < 1.29 is 13.6 Å². The number of rotatable bonds is 4. The number of aromatic nitrogens is 2. The van der Waals surface area contributed by atoms with Crippen LogP contribution < -0.4 is 5.32 Å². The van der Waals surface area contributed by atoms with E-state index in [9.17, 15) is 13.6 Å². The van der Waals surface area contributed by atoms with Crippen molar-refractivity contribution in [1.29, 1.82) is 0 Å². The van der Waals surface area contributed by atoms with Crippen molar-refractivity contribution in [3.05, 3.63) is 65.4 Å². The lowest BCUT2D eigenvalue weighted by molar-refractivity contribution is -0.0673. The topological polar surface area (TPSA) is 58.1 Å². The fraction of sp³-hybridized carbons (Fsp3) is 0.286. The molecule has 8 heteroatoms. The van der Waals surface area contributed by atoms with Crippen LogP contribution >= 0.6 is 11.6 Å². The first-order chi connectivity index (χ1) is 13.9. The van der Waals surface area contributed by atoms with E-state index in [0.717, 1.165) is 5.39 Å². The average Bonchev–Trinajstić information content (AvgIpc) is 2.72. The van der Waals surface area contributed by atoms with Gasteiger partial charge in [-0.3, -0.25) is 9.78 Å². The number of fused-ring (bicyclic) bond motifs is 1. The maximum absolute atomic E-state index is 14.1. The van der Waals surface area contributed by atoms with Crippen molar-refractivity contribution in [3.8, 4) is 0 Å². The van der Waals surface area contributed by atoms with Gasteiger partial charge in [-0.15, -0.1) is 0 Å². The third-order valence-corrected chi connectivity index (χ3v) is 5.29. The molecule has 0 saturated carbocycles. The molecule has 1 atom stereocenters. The Bertz CT molecular complexity index is 1020. The Hall–Kier alpha value is -2.80. The predicted molar refractivity (Wildman–Crippen MR) is 108 cm³/mol. The summed E-state index contributed by atoms with van der Waals surface area (Å²) in [4.78, 5) is 23.2. The highest BCUT2D eigenvalue weighted by molar-refractivity contribution is 6.30. The average molecular weight is 417 g/mol. The van der Waals surface area contributed by atoms with E-state index in [4.69, 9.17) is 11.6 Å².